The summed E-state index contributed by atoms with van der Waals surface area (Å²) in [5.41, 5.74) is 0.271. The van der Waals surface area contributed by atoms with Gasteiger partial charge in [0.05, 0.1) is 10.6 Å². The summed E-state index contributed by atoms with van der Waals surface area (Å²) < 4.78 is 4.94. The second kappa shape index (κ2) is 6.06. The molecule has 0 bridgehead atoms. The average Bonchev–Trinajstić information content (AvgIpc) is 3.20. The molecule has 0 radical (unpaired) electrons. The van der Waals surface area contributed by atoms with E-state index in [0.29, 0.717) is 10.9 Å². The number of carbonyl (C=O) groups excluding carboxylic acids is 2. The van der Waals surface area contributed by atoms with E-state index in [-0.39, 0.29) is 24.1 Å². The molecule has 2 rings (SSSR count). The van der Waals surface area contributed by atoms with E-state index in [0.717, 1.165) is 12.8 Å². The van der Waals surface area contributed by atoms with Gasteiger partial charge in [-0.25, -0.2) is 4.79 Å². The molecular formula is C14H16ClNO3. The number of ether oxygens (including phenoxy) is 1. The summed E-state index contributed by atoms with van der Waals surface area (Å²) in [6, 6.07) is 6.73. The Balaban J connectivity index is 1.80. The van der Waals surface area contributed by atoms with Gasteiger partial charge >= 0.3 is 5.97 Å². The molecule has 5 heteroatoms. The van der Waals surface area contributed by atoms with E-state index in [1.54, 1.807) is 24.3 Å². The minimum absolute atomic E-state index is 0.145. The number of rotatable bonds is 5. The fraction of sp³-hybridized carbons (Fsp3) is 0.429. The van der Waals surface area contributed by atoms with Crippen LogP contribution in [-0.2, 0) is 9.53 Å². The Morgan fingerprint density at radius 3 is 2.74 bits per heavy atom. The van der Waals surface area contributed by atoms with Crippen molar-refractivity contribution in [2.45, 2.75) is 25.8 Å². The Labute approximate surface area is 117 Å². The lowest BCUT2D eigenvalue weighted by atomic mass is 10.2. The zero-order valence-corrected chi connectivity index (χ0v) is 11.4. The fourth-order valence-electron chi connectivity index (χ4n) is 1.85. The maximum absolute atomic E-state index is 11.7. The van der Waals surface area contributed by atoms with Crippen LogP contribution in [0.4, 0.5) is 0 Å². The largest absolute Gasteiger partial charge is 0.452 e. The molecule has 1 atom stereocenters. The molecule has 1 aromatic rings. The Morgan fingerprint density at radius 2 is 2.11 bits per heavy atom. The molecule has 0 saturated heterocycles. The van der Waals surface area contributed by atoms with Crippen LogP contribution in [0.2, 0.25) is 5.02 Å². The van der Waals surface area contributed by atoms with Crippen molar-refractivity contribution >= 4 is 23.5 Å². The number of esters is 1. The third-order valence-corrected chi connectivity index (χ3v) is 3.48. The highest BCUT2D eigenvalue weighted by molar-refractivity contribution is 6.33. The minimum atomic E-state index is -0.583. The smallest absolute Gasteiger partial charge is 0.340 e. The van der Waals surface area contributed by atoms with E-state index in [1.807, 2.05) is 6.92 Å². The first kappa shape index (κ1) is 13.9. The summed E-state index contributed by atoms with van der Waals surface area (Å²) in [5.74, 6) is -0.289. The third kappa shape index (κ3) is 3.96. The van der Waals surface area contributed by atoms with Gasteiger partial charge in [-0.05, 0) is 37.8 Å². The standard InChI is InChI=1S/C14H16ClNO3/c1-9(10-6-7-10)16-13(17)8-19-14(18)11-4-2-3-5-12(11)15/h2-5,9-10H,6-8H2,1H3,(H,16,17)/t9-/m0/s1. The Morgan fingerprint density at radius 1 is 1.42 bits per heavy atom. The Kier molecular flexibility index (Phi) is 4.43. The summed E-state index contributed by atoms with van der Waals surface area (Å²) in [6.07, 6.45) is 2.31. The van der Waals surface area contributed by atoms with E-state index in [4.69, 9.17) is 16.3 Å². The number of hydrogen-bond donors (Lipinski definition) is 1. The van der Waals surface area contributed by atoms with Crippen LogP contribution < -0.4 is 5.32 Å². The number of carbonyl (C=O) groups is 2. The van der Waals surface area contributed by atoms with Crippen LogP contribution in [-0.4, -0.2) is 24.5 Å². The lowest BCUT2D eigenvalue weighted by Gasteiger charge is -2.12. The highest BCUT2D eigenvalue weighted by Crippen LogP contribution is 2.32. The van der Waals surface area contributed by atoms with Gasteiger partial charge in [-0.1, -0.05) is 23.7 Å². The van der Waals surface area contributed by atoms with Crippen LogP contribution in [0.1, 0.15) is 30.1 Å². The molecule has 1 amide bonds. The van der Waals surface area contributed by atoms with Gasteiger partial charge in [0.15, 0.2) is 6.61 Å². The summed E-state index contributed by atoms with van der Waals surface area (Å²) in [4.78, 5) is 23.3. The zero-order valence-electron chi connectivity index (χ0n) is 10.7. The SMILES string of the molecule is C[C@H](NC(=O)COC(=O)c1ccccc1Cl)C1CC1. The van der Waals surface area contributed by atoms with Crippen LogP contribution in [0.5, 0.6) is 0 Å². The molecule has 0 spiro atoms. The first-order valence-electron chi connectivity index (χ1n) is 6.29. The van der Waals surface area contributed by atoms with Crippen molar-refractivity contribution in [3.8, 4) is 0 Å². The van der Waals surface area contributed by atoms with Gasteiger partial charge in [0.25, 0.3) is 5.91 Å². The predicted molar refractivity (Wildman–Crippen MR) is 72.1 cm³/mol. The van der Waals surface area contributed by atoms with Crippen LogP contribution in [0, 0.1) is 5.92 Å². The van der Waals surface area contributed by atoms with E-state index >= 15 is 0 Å². The number of benzene rings is 1. The summed E-state index contributed by atoms with van der Waals surface area (Å²) >= 11 is 5.87. The van der Waals surface area contributed by atoms with E-state index in [9.17, 15) is 9.59 Å². The van der Waals surface area contributed by atoms with Gasteiger partial charge in [-0.15, -0.1) is 0 Å². The quantitative estimate of drug-likeness (QED) is 0.843. The second-order valence-corrected chi connectivity index (χ2v) is 5.16. The summed E-state index contributed by atoms with van der Waals surface area (Å²) in [7, 11) is 0. The highest BCUT2D eigenvalue weighted by atomic mass is 35.5. The molecule has 1 aliphatic rings. The first-order chi connectivity index (χ1) is 9.08. The highest BCUT2D eigenvalue weighted by Gasteiger charge is 2.29. The van der Waals surface area contributed by atoms with Crippen molar-refractivity contribution in [3.05, 3.63) is 34.9 Å². The Hall–Kier alpha value is -1.55. The molecule has 1 N–H and O–H groups in total. The molecule has 4 nitrogen and oxygen atoms in total. The molecule has 102 valence electrons. The van der Waals surface area contributed by atoms with Crippen LogP contribution in [0.25, 0.3) is 0 Å². The van der Waals surface area contributed by atoms with E-state index < -0.39 is 5.97 Å². The number of nitrogens with one attached hydrogen (secondary N) is 1. The molecule has 0 aromatic heterocycles. The van der Waals surface area contributed by atoms with Crippen molar-refractivity contribution < 1.29 is 14.3 Å². The molecule has 0 aliphatic heterocycles. The predicted octanol–water partition coefficient (Wildman–Crippen LogP) is 2.41. The maximum Gasteiger partial charge on any atom is 0.340 e. The topological polar surface area (TPSA) is 55.4 Å². The van der Waals surface area contributed by atoms with Gasteiger partial charge < -0.3 is 10.1 Å². The van der Waals surface area contributed by atoms with Gasteiger partial charge in [-0.2, -0.15) is 0 Å². The molecule has 19 heavy (non-hydrogen) atoms. The monoisotopic (exact) mass is 281 g/mol. The van der Waals surface area contributed by atoms with Crippen molar-refractivity contribution in [1.82, 2.24) is 5.32 Å². The number of hydrogen-bond acceptors (Lipinski definition) is 3. The van der Waals surface area contributed by atoms with Crippen molar-refractivity contribution in [3.63, 3.8) is 0 Å². The lowest BCUT2D eigenvalue weighted by Crippen LogP contribution is -2.37. The number of halogens is 1. The molecule has 1 aliphatic carbocycles. The van der Waals surface area contributed by atoms with Gasteiger partial charge in [0.1, 0.15) is 0 Å². The van der Waals surface area contributed by atoms with E-state index in [2.05, 4.69) is 5.32 Å². The molecule has 1 saturated carbocycles. The van der Waals surface area contributed by atoms with E-state index in [1.165, 1.54) is 0 Å². The fourth-order valence-corrected chi connectivity index (χ4v) is 2.06. The summed E-state index contributed by atoms with van der Waals surface area (Å²) in [5, 5.41) is 3.13. The normalized spacial score (nSPS) is 15.7. The molecule has 1 fully saturated rings. The van der Waals surface area contributed by atoms with Gasteiger partial charge in [0.2, 0.25) is 0 Å². The number of amides is 1. The average molecular weight is 282 g/mol. The van der Waals surface area contributed by atoms with Crippen LogP contribution >= 0.6 is 11.6 Å². The first-order valence-corrected chi connectivity index (χ1v) is 6.66. The van der Waals surface area contributed by atoms with Crippen LogP contribution in [0.3, 0.4) is 0 Å². The molecular weight excluding hydrogens is 266 g/mol. The minimum Gasteiger partial charge on any atom is -0.452 e. The third-order valence-electron chi connectivity index (χ3n) is 3.15. The molecule has 0 unspecified atom stereocenters. The second-order valence-electron chi connectivity index (χ2n) is 4.75. The molecule has 0 heterocycles. The summed E-state index contributed by atoms with van der Waals surface area (Å²) in [6.45, 7) is 1.69. The van der Waals surface area contributed by atoms with Gasteiger partial charge in [0, 0.05) is 6.04 Å². The van der Waals surface area contributed by atoms with Crippen molar-refractivity contribution in [2.75, 3.05) is 6.61 Å². The van der Waals surface area contributed by atoms with Crippen LogP contribution in [0.15, 0.2) is 24.3 Å². The molecule has 1 aromatic carbocycles. The Bertz CT molecular complexity index is 485. The maximum atomic E-state index is 11.7. The zero-order chi connectivity index (χ0) is 13.8. The van der Waals surface area contributed by atoms with Crippen molar-refractivity contribution in [1.29, 1.82) is 0 Å². The lowest BCUT2D eigenvalue weighted by molar-refractivity contribution is -0.124. The van der Waals surface area contributed by atoms with Crippen molar-refractivity contribution in [2.24, 2.45) is 5.92 Å². The van der Waals surface area contributed by atoms with Gasteiger partial charge in [-0.3, -0.25) is 4.79 Å².